The molecule has 23 heavy (non-hydrogen) atoms. The van der Waals surface area contributed by atoms with Crippen molar-refractivity contribution in [2.24, 2.45) is 0 Å². The Bertz CT molecular complexity index is 997. The van der Waals surface area contributed by atoms with Crippen molar-refractivity contribution in [3.63, 3.8) is 0 Å². The molecule has 0 aliphatic heterocycles. The van der Waals surface area contributed by atoms with Crippen LogP contribution in [0.1, 0.15) is 22.3 Å². The molecule has 4 heteroatoms. The third kappa shape index (κ3) is 2.27. The zero-order chi connectivity index (χ0) is 16.9. The summed E-state index contributed by atoms with van der Waals surface area (Å²) in [5, 5.41) is 19.7. The molecule has 1 heterocycles. The molecule has 0 bridgehead atoms. The van der Waals surface area contributed by atoms with Gasteiger partial charge in [0.2, 0.25) is 0 Å². The SMILES string of the molecule is Cc1c(C)c(C)c2c(=O)cc(-c3ccc(O)c(O)c3)oc2c1C. The predicted octanol–water partition coefficient (Wildman–Crippen LogP) is 4.10. The first kappa shape index (κ1) is 15.2. The quantitative estimate of drug-likeness (QED) is 0.664. The zero-order valence-electron chi connectivity index (χ0n) is 13.5. The molecular weight excluding hydrogens is 292 g/mol. The highest BCUT2D eigenvalue weighted by molar-refractivity contribution is 5.87. The second kappa shape index (κ2) is 5.16. The molecule has 0 saturated heterocycles. The summed E-state index contributed by atoms with van der Waals surface area (Å²) >= 11 is 0. The van der Waals surface area contributed by atoms with E-state index in [4.69, 9.17) is 4.42 Å². The van der Waals surface area contributed by atoms with E-state index < -0.39 is 0 Å². The lowest BCUT2D eigenvalue weighted by Crippen LogP contribution is -2.06. The molecule has 1 aromatic heterocycles. The normalized spacial score (nSPS) is 11.1. The molecule has 4 nitrogen and oxygen atoms in total. The fourth-order valence-corrected chi connectivity index (χ4v) is 2.85. The van der Waals surface area contributed by atoms with Gasteiger partial charge in [0, 0.05) is 11.6 Å². The second-order valence-electron chi connectivity index (χ2n) is 5.88. The van der Waals surface area contributed by atoms with Crippen molar-refractivity contribution in [3.05, 3.63) is 56.7 Å². The van der Waals surface area contributed by atoms with E-state index in [1.807, 2.05) is 27.7 Å². The third-order valence-electron chi connectivity index (χ3n) is 4.61. The number of aromatic hydroxyl groups is 2. The van der Waals surface area contributed by atoms with Crippen LogP contribution in [-0.2, 0) is 0 Å². The van der Waals surface area contributed by atoms with Crippen LogP contribution >= 0.6 is 0 Å². The third-order valence-corrected chi connectivity index (χ3v) is 4.61. The number of phenolic OH excluding ortho intramolecular Hbond substituents is 2. The fraction of sp³-hybridized carbons (Fsp3) is 0.211. The summed E-state index contributed by atoms with van der Waals surface area (Å²) in [5.41, 5.74) is 5.05. The van der Waals surface area contributed by atoms with Gasteiger partial charge in [0.25, 0.3) is 0 Å². The number of phenols is 2. The standard InChI is InChI=1S/C19H18O4/c1-9-10(2)12(4)19-18(11(9)3)16(22)8-17(23-19)13-5-6-14(20)15(21)7-13/h5-8,20-21H,1-4H3. The molecule has 0 spiro atoms. The number of hydrogen-bond donors (Lipinski definition) is 2. The van der Waals surface area contributed by atoms with Gasteiger partial charge in [0.15, 0.2) is 16.9 Å². The first-order valence-electron chi connectivity index (χ1n) is 7.37. The minimum atomic E-state index is -0.252. The monoisotopic (exact) mass is 310 g/mol. The van der Waals surface area contributed by atoms with Crippen molar-refractivity contribution in [1.29, 1.82) is 0 Å². The molecule has 3 aromatic rings. The molecule has 0 fully saturated rings. The highest BCUT2D eigenvalue weighted by Gasteiger charge is 2.16. The fourth-order valence-electron chi connectivity index (χ4n) is 2.85. The molecule has 118 valence electrons. The highest BCUT2D eigenvalue weighted by atomic mass is 16.3. The maximum Gasteiger partial charge on any atom is 0.193 e. The van der Waals surface area contributed by atoms with Gasteiger partial charge in [-0.15, -0.1) is 0 Å². The van der Waals surface area contributed by atoms with Gasteiger partial charge in [0.1, 0.15) is 11.3 Å². The minimum Gasteiger partial charge on any atom is -0.504 e. The van der Waals surface area contributed by atoms with Crippen molar-refractivity contribution in [2.45, 2.75) is 27.7 Å². The van der Waals surface area contributed by atoms with Gasteiger partial charge >= 0.3 is 0 Å². The van der Waals surface area contributed by atoms with Crippen LogP contribution in [0.2, 0.25) is 0 Å². The Morgan fingerprint density at radius 1 is 0.826 bits per heavy atom. The highest BCUT2D eigenvalue weighted by Crippen LogP contribution is 2.33. The van der Waals surface area contributed by atoms with Gasteiger partial charge in [0.05, 0.1) is 5.39 Å². The maximum atomic E-state index is 12.6. The topological polar surface area (TPSA) is 70.7 Å². The van der Waals surface area contributed by atoms with Gasteiger partial charge < -0.3 is 14.6 Å². The van der Waals surface area contributed by atoms with E-state index >= 15 is 0 Å². The lowest BCUT2D eigenvalue weighted by molar-refractivity contribution is 0.404. The zero-order valence-corrected chi connectivity index (χ0v) is 13.5. The van der Waals surface area contributed by atoms with E-state index in [-0.39, 0.29) is 16.9 Å². The number of hydrogen-bond acceptors (Lipinski definition) is 4. The average Bonchev–Trinajstić information content (AvgIpc) is 2.52. The van der Waals surface area contributed by atoms with Crippen LogP contribution in [0, 0.1) is 27.7 Å². The first-order chi connectivity index (χ1) is 10.8. The molecule has 0 amide bonds. The molecule has 0 aliphatic rings. The van der Waals surface area contributed by atoms with Crippen LogP contribution in [-0.4, -0.2) is 10.2 Å². The van der Waals surface area contributed by atoms with E-state index in [2.05, 4.69) is 0 Å². The molecule has 0 atom stereocenters. The van der Waals surface area contributed by atoms with Crippen LogP contribution in [0.15, 0.2) is 33.5 Å². The smallest absolute Gasteiger partial charge is 0.193 e. The number of benzene rings is 2. The summed E-state index contributed by atoms with van der Waals surface area (Å²) in [6.45, 7) is 7.87. The van der Waals surface area contributed by atoms with Gasteiger partial charge in [-0.1, -0.05) is 0 Å². The Hall–Kier alpha value is -2.75. The Morgan fingerprint density at radius 2 is 1.48 bits per heavy atom. The summed E-state index contributed by atoms with van der Waals surface area (Å²) < 4.78 is 5.98. The summed E-state index contributed by atoms with van der Waals surface area (Å²) in [6, 6.07) is 5.77. The summed E-state index contributed by atoms with van der Waals surface area (Å²) in [6.07, 6.45) is 0. The van der Waals surface area contributed by atoms with Gasteiger partial charge in [-0.25, -0.2) is 0 Å². The molecule has 0 radical (unpaired) electrons. The van der Waals surface area contributed by atoms with Crippen molar-refractivity contribution in [2.75, 3.05) is 0 Å². The van der Waals surface area contributed by atoms with Crippen LogP contribution < -0.4 is 5.43 Å². The molecule has 0 aliphatic carbocycles. The molecule has 0 unspecified atom stereocenters. The van der Waals surface area contributed by atoms with E-state index in [9.17, 15) is 15.0 Å². The molecule has 0 saturated carbocycles. The lowest BCUT2D eigenvalue weighted by Gasteiger charge is -2.13. The lowest BCUT2D eigenvalue weighted by atomic mass is 9.95. The number of aryl methyl sites for hydroxylation is 2. The van der Waals surface area contributed by atoms with Crippen molar-refractivity contribution < 1.29 is 14.6 Å². The molecular formula is C19H18O4. The van der Waals surface area contributed by atoms with Crippen molar-refractivity contribution in [3.8, 4) is 22.8 Å². The maximum absolute atomic E-state index is 12.6. The molecule has 2 aromatic carbocycles. The van der Waals surface area contributed by atoms with E-state index in [1.165, 1.54) is 18.2 Å². The van der Waals surface area contributed by atoms with Crippen LogP contribution in [0.25, 0.3) is 22.3 Å². The number of fused-ring (bicyclic) bond motifs is 1. The van der Waals surface area contributed by atoms with Gasteiger partial charge in [-0.3, -0.25) is 4.79 Å². The Labute approximate surface area is 133 Å². The Balaban J connectivity index is 2.38. The summed E-state index contributed by atoms with van der Waals surface area (Å²) in [4.78, 5) is 12.6. The van der Waals surface area contributed by atoms with E-state index in [0.29, 0.717) is 22.3 Å². The Kier molecular flexibility index (Phi) is 3.40. The van der Waals surface area contributed by atoms with Gasteiger partial charge in [-0.2, -0.15) is 0 Å². The van der Waals surface area contributed by atoms with Crippen molar-refractivity contribution in [1.82, 2.24) is 0 Å². The minimum absolute atomic E-state index is 0.113. The largest absolute Gasteiger partial charge is 0.504 e. The first-order valence-corrected chi connectivity index (χ1v) is 7.37. The average molecular weight is 310 g/mol. The Morgan fingerprint density at radius 3 is 2.13 bits per heavy atom. The second-order valence-corrected chi connectivity index (χ2v) is 5.88. The molecule has 2 N–H and O–H groups in total. The predicted molar refractivity (Wildman–Crippen MR) is 90.2 cm³/mol. The van der Waals surface area contributed by atoms with E-state index in [1.54, 1.807) is 6.07 Å². The molecule has 3 rings (SSSR count). The summed E-state index contributed by atoms with van der Waals surface area (Å²) in [5.74, 6) is -0.0998. The van der Waals surface area contributed by atoms with Crippen molar-refractivity contribution >= 4 is 11.0 Å². The summed E-state index contributed by atoms with van der Waals surface area (Å²) in [7, 11) is 0. The van der Waals surface area contributed by atoms with Crippen LogP contribution in [0.3, 0.4) is 0 Å². The van der Waals surface area contributed by atoms with E-state index in [0.717, 1.165) is 22.3 Å². The van der Waals surface area contributed by atoms with Crippen LogP contribution in [0.4, 0.5) is 0 Å². The van der Waals surface area contributed by atoms with Gasteiger partial charge in [-0.05, 0) is 68.1 Å². The number of rotatable bonds is 1. The van der Waals surface area contributed by atoms with Crippen LogP contribution in [0.5, 0.6) is 11.5 Å².